The number of carboxylic acid groups (broad SMARTS) is 1. The van der Waals surface area contributed by atoms with Crippen molar-refractivity contribution in [3.05, 3.63) is 29.3 Å². The van der Waals surface area contributed by atoms with E-state index in [1.807, 2.05) is 45.9 Å². The van der Waals surface area contributed by atoms with Gasteiger partial charge in [-0.15, -0.1) is 0 Å². The summed E-state index contributed by atoms with van der Waals surface area (Å²) in [5.41, 5.74) is 2.11. The zero-order valence-corrected chi connectivity index (χ0v) is 11.4. The van der Waals surface area contributed by atoms with Crippen LogP contribution in [0.5, 0.6) is 5.75 Å². The highest BCUT2D eigenvalue weighted by molar-refractivity contribution is 5.73. The highest BCUT2D eigenvalue weighted by Gasteiger charge is 2.19. The second-order valence-electron chi connectivity index (χ2n) is 4.79. The summed E-state index contributed by atoms with van der Waals surface area (Å²) in [5.74, 6) is -0.152. The summed E-state index contributed by atoms with van der Waals surface area (Å²) >= 11 is 0. The summed E-state index contributed by atoms with van der Waals surface area (Å²) in [7, 11) is 0. The van der Waals surface area contributed by atoms with Crippen molar-refractivity contribution in [2.24, 2.45) is 0 Å². The molecule has 0 aromatic heterocycles. The van der Waals surface area contributed by atoms with E-state index in [-0.39, 0.29) is 12.6 Å². The highest BCUT2D eigenvalue weighted by atomic mass is 16.5. The molecule has 100 valence electrons. The molecule has 0 radical (unpaired) electrons. The molecule has 1 unspecified atom stereocenters. The van der Waals surface area contributed by atoms with Crippen molar-refractivity contribution in [3.8, 4) is 5.75 Å². The Hall–Kier alpha value is -1.55. The van der Waals surface area contributed by atoms with E-state index in [1.54, 1.807) is 0 Å². The molecular formula is C14H21NO3. The molecule has 1 aromatic carbocycles. The summed E-state index contributed by atoms with van der Waals surface area (Å²) in [5, 5.41) is 12.0. The van der Waals surface area contributed by atoms with Gasteiger partial charge in [0.1, 0.15) is 18.4 Å². The molecule has 0 aliphatic rings. The van der Waals surface area contributed by atoms with Crippen LogP contribution in [0.1, 0.15) is 25.0 Å². The quantitative estimate of drug-likeness (QED) is 0.813. The van der Waals surface area contributed by atoms with Crippen molar-refractivity contribution in [2.45, 2.75) is 39.8 Å². The Kier molecular flexibility index (Phi) is 5.16. The van der Waals surface area contributed by atoms with Gasteiger partial charge in [-0.3, -0.25) is 10.1 Å². The Balaban J connectivity index is 2.66. The molecule has 0 bridgehead atoms. The highest BCUT2D eigenvalue weighted by Crippen LogP contribution is 2.19. The predicted octanol–water partition coefficient (Wildman–Crippen LogP) is 2.13. The molecule has 0 aliphatic heterocycles. The fraction of sp³-hybridized carbons (Fsp3) is 0.500. The third-order valence-electron chi connectivity index (χ3n) is 2.58. The average molecular weight is 251 g/mol. The molecule has 0 amide bonds. The molecular weight excluding hydrogens is 230 g/mol. The van der Waals surface area contributed by atoms with Gasteiger partial charge in [0, 0.05) is 6.04 Å². The van der Waals surface area contributed by atoms with E-state index < -0.39 is 12.0 Å². The standard InChI is InChI=1S/C14H21NO3/c1-9(2)15-12(14(16)17)8-18-13-7-10(3)5-6-11(13)4/h5-7,9,12,15H,8H2,1-4H3,(H,16,17). The lowest BCUT2D eigenvalue weighted by atomic mass is 10.1. The Morgan fingerprint density at radius 2 is 2.06 bits per heavy atom. The summed E-state index contributed by atoms with van der Waals surface area (Å²) in [6, 6.07) is 5.31. The largest absolute Gasteiger partial charge is 0.491 e. The molecule has 0 aliphatic carbocycles. The molecule has 0 fully saturated rings. The molecule has 4 heteroatoms. The van der Waals surface area contributed by atoms with Crippen molar-refractivity contribution in [1.82, 2.24) is 5.32 Å². The topological polar surface area (TPSA) is 58.6 Å². The number of nitrogens with one attached hydrogen (secondary N) is 1. The summed E-state index contributed by atoms with van der Waals surface area (Å²) < 4.78 is 5.60. The van der Waals surface area contributed by atoms with Crippen molar-refractivity contribution in [1.29, 1.82) is 0 Å². The molecule has 18 heavy (non-hydrogen) atoms. The SMILES string of the molecule is Cc1ccc(C)c(OCC(NC(C)C)C(=O)O)c1. The van der Waals surface area contributed by atoms with Gasteiger partial charge in [0.15, 0.2) is 0 Å². The number of carboxylic acids is 1. The minimum absolute atomic E-state index is 0.105. The Labute approximate surface area is 108 Å². The van der Waals surface area contributed by atoms with Crippen LogP contribution in [0, 0.1) is 13.8 Å². The summed E-state index contributed by atoms with van der Waals surface area (Å²) in [6.45, 7) is 7.87. The monoisotopic (exact) mass is 251 g/mol. The predicted molar refractivity (Wildman–Crippen MR) is 71.1 cm³/mol. The summed E-state index contributed by atoms with van der Waals surface area (Å²) in [4.78, 5) is 11.1. The van der Waals surface area contributed by atoms with Gasteiger partial charge >= 0.3 is 5.97 Å². The van der Waals surface area contributed by atoms with Gasteiger partial charge in [0.05, 0.1) is 0 Å². The first kappa shape index (κ1) is 14.5. The van der Waals surface area contributed by atoms with Crippen LogP contribution in [0.3, 0.4) is 0 Å². The maximum absolute atomic E-state index is 11.1. The fourth-order valence-electron chi connectivity index (χ4n) is 1.63. The van der Waals surface area contributed by atoms with Crippen LogP contribution in [0.4, 0.5) is 0 Å². The molecule has 4 nitrogen and oxygen atoms in total. The van der Waals surface area contributed by atoms with Gasteiger partial charge in [0.25, 0.3) is 0 Å². The number of aryl methyl sites for hydroxylation is 2. The van der Waals surface area contributed by atoms with E-state index in [9.17, 15) is 4.79 Å². The zero-order valence-electron chi connectivity index (χ0n) is 11.4. The minimum Gasteiger partial charge on any atom is -0.491 e. The van der Waals surface area contributed by atoms with E-state index in [4.69, 9.17) is 9.84 Å². The van der Waals surface area contributed by atoms with Gasteiger partial charge in [-0.05, 0) is 31.0 Å². The number of rotatable bonds is 6. The molecule has 0 saturated heterocycles. The third kappa shape index (κ3) is 4.37. The van der Waals surface area contributed by atoms with Crippen LogP contribution in [-0.4, -0.2) is 29.8 Å². The Bertz CT molecular complexity index is 416. The normalized spacial score (nSPS) is 12.5. The number of hydrogen-bond donors (Lipinski definition) is 2. The van der Waals surface area contributed by atoms with E-state index in [1.165, 1.54) is 0 Å². The molecule has 1 atom stereocenters. The Morgan fingerprint density at radius 3 is 2.61 bits per heavy atom. The van der Waals surface area contributed by atoms with Crippen molar-refractivity contribution in [3.63, 3.8) is 0 Å². The molecule has 0 spiro atoms. The van der Waals surface area contributed by atoms with Crippen LogP contribution >= 0.6 is 0 Å². The van der Waals surface area contributed by atoms with E-state index in [0.29, 0.717) is 0 Å². The lowest BCUT2D eigenvalue weighted by Crippen LogP contribution is -2.44. The van der Waals surface area contributed by atoms with Crippen LogP contribution < -0.4 is 10.1 Å². The maximum atomic E-state index is 11.1. The smallest absolute Gasteiger partial charge is 0.324 e. The molecule has 0 saturated carbocycles. The van der Waals surface area contributed by atoms with Crippen LogP contribution in [0.15, 0.2) is 18.2 Å². The number of benzene rings is 1. The second kappa shape index (κ2) is 6.40. The minimum atomic E-state index is -0.894. The second-order valence-corrected chi connectivity index (χ2v) is 4.79. The lowest BCUT2D eigenvalue weighted by Gasteiger charge is -2.18. The maximum Gasteiger partial charge on any atom is 0.324 e. The van der Waals surface area contributed by atoms with Crippen LogP contribution in [0.25, 0.3) is 0 Å². The number of aliphatic carboxylic acids is 1. The van der Waals surface area contributed by atoms with Crippen LogP contribution in [-0.2, 0) is 4.79 Å². The van der Waals surface area contributed by atoms with Crippen LogP contribution in [0.2, 0.25) is 0 Å². The lowest BCUT2D eigenvalue weighted by molar-refractivity contribution is -0.140. The fourth-order valence-corrected chi connectivity index (χ4v) is 1.63. The van der Waals surface area contributed by atoms with Gasteiger partial charge in [-0.2, -0.15) is 0 Å². The average Bonchev–Trinajstić information content (AvgIpc) is 2.27. The van der Waals surface area contributed by atoms with Crippen molar-refractivity contribution < 1.29 is 14.6 Å². The van der Waals surface area contributed by atoms with E-state index in [2.05, 4.69) is 5.32 Å². The first-order valence-electron chi connectivity index (χ1n) is 6.09. The van der Waals surface area contributed by atoms with Gasteiger partial charge in [0.2, 0.25) is 0 Å². The third-order valence-corrected chi connectivity index (χ3v) is 2.58. The zero-order chi connectivity index (χ0) is 13.7. The van der Waals surface area contributed by atoms with Gasteiger partial charge in [-0.1, -0.05) is 26.0 Å². The first-order valence-corrected chi connectivity index (χ1v) is 6.09. The number of carbonyl (C=O) groups is 1. The first-order chi connectivity index (χ1) is 8.40. The van der Waals surface area contributed by atoms with E-state index in [0.717, 1.165) is 16.9 Å². The number of hydrogen-bond acceptors (Lipinski definition) is 3. The molecule has 2 N–H and O–H groups in total. The molecule has 1 aromatic rings. The Morgan fingerprint density at radius 1 is 1.39 bits per heavy atom. The van der Waals surface area contributed by atoms with Gasteiger partial charge < -0.3 is 9.84 Å². The summed E-state index contributed by atoms with van der Waals surface area (Å²) in [6.07, 6.45) is 0. The van der Waals surface area contributed by atoms with E-state index >= 15 is 0 Å². The molecule has 0 heterocycles. The van der Waals surface area contributed by atoms with Gasteiger partial charge in [-0.25, -0.2) is 0 Å². The number of ether oxygens (including phenoxy) is 1. The van der Waals surface area contributed by atoms with Crippen molar-refractivity contribution in [2.75, 3.05) is 6.61 Å². The molecule has 1 rings (SSSR count). The van der Waals surface area contributed by atoms with Crippen molar-refractivity contribution >= 4 is 5.97 Å².